The highest BCUT2D eigenvalue weighted by Gasteiger charge is 2.10. The average Bonchev–Trinajstić information content (AvgIpc) is 2.75. The molecule has 6 heteroatoms. The van der Waals surface area contributed by atoms with E-state index in [1.807, 2.05) is 36.7 Å². The zero-order chi connectivity index (χ0) is 15.2. The van der Waals surface area contributed by atoms with Crippen LogP contribution in [0.2, 0.25) is 0 Å². The van der Waals surface area contributed by atoms with Gasteiger partial charge in [-0.2, -0.15) is 10.2 Å². The third-order valence-electron chi connectivity index (χ3n) is 3.15. The maximum absolute atomic E-state index is 11.0. The molecule has 1 aromatic carbocycles. The fourth-order valence-electron chi connectivity index (χ4n) is 2.00. The summed E-state index contributed by atoms with van der Waals surface area (Å²) in [6.45, 7) is 4.59. The van der Waals surface area contributed by atoms with E-state index in [2.05, 4.69) is 32.5 Å². The molecule has 1 aromatic heterocycles. The Kier molecular flexibility index (Phi) is 4.71. The summed E-state index contributed by atoms with van der Waals surface area (Å²) in [5.41, 5.74) is 6.19. The highest BCUT2D eigenvalue weighted by Crippen LogP contribution is 2.12. The lowest BCUT2D eigenvalue weighted by atomic mass is 10.2. The van der Waals surface area contributed by atoms with Crippen LogP contribution in [0.3, 0.4) is 0 Å². The standard InChI is InChI=1S/C15H18N4O2/c1-11-14(9-16-17-15(20)21-3)12(2)19(18-11)10-13-7-5-4-6-8-13/h4-9H,10H2,1-3H3,(H,17,20)/b16-9-. The molecule has 0 spiro atoms. The highest BCUT2D eigenvalue weighted by molar-refractivity contribution is 5.83. The molecular formula is C15H18N4O2. The second kappa shape index (κ2) is 6.69. The number of carbonyl (C=O) groups excluding carboxylic acids is 1. The van der Waals surface area contributed by atoms with Crippen LogP contribution in [0.25, 0.3) is 0 Å². The van der Waals surface area contributed by atoms with Crippen molar-refractivity contribution in [2.75, 3.05) is 7.11 Å². The molecule has 0 aliphatic rings. The summed E-state index contributed by atoms with van der Waals surface area (Å²) in [4.78, 5) is 11.0. The molecule has 6 nitrogen and oxygen atoms in total. The molecule has 110 valence electrons. The van der Waals surface area contributed by atoms with Crippen LogP contribution in [0.1, 0.15) is 22.5 Å². The molecule has 0 aliphatic carbocycles. The zero-order valence-electron chi connectivity index (χ0n) is 12.3. The smallest absolute Gasteiger partial charge is 0.427 e. The van der Waals surface area contributed by atoms with Gasteiger partial charge in [-0.15, -0.1) is 0 Å². The Morgan fingerprint density at radius 3 is 2.76 bits per heavy atom. The molecule has 0 unspecified atom stereocenters. The number of aryl methyl sites for hydroxylation is 1. The molecule has 2 aromatic rings. The third kappa shape index (κ3) is 3.68. The lowest BCUT2D eigenvalue weighted by Gasteiger charge is -2.04. The summed E-state index contributed by atoms with van der Waals surface area (Å²) >= 11 is 0. The fraction of sp³-hybridized carbons (Fsp3) is 0.267. The number of methoxy groups -OCH3 is 1. The minimum atomic E-state index is -0.599. The predicted octanol–water partition coefficient (Wildman–Crippen LogP) is 2.24. The van der Waals surface area contributed by atoms with E-state index in [1.54, 1.807) is 6.21 Å². The minimum Gasteiger partial charge on any atom is -0.452 e. The number of hydrogen-bond acceptors (Lipinski definition) is 4. The first-order chi connectivity index (χ1) is 10.1. The molecule has 2 rings (SSSR count). The fourth-order valence-corrected chi connectivity index (χ4v) is 2.00. The second-order valence-corrected chi connectivity index (χ2v) is 4.59. The topological polar surface area (TPSA) is 68.5 Å². The molecule has 0 saturated carbocycles. The first-order valence-electron chi connectivity index (χ1n) is 6.56. The van der Waals surface area contributed by atoms with Crippen molar-refractivity contribution in [3.8, 4) is 0 Å². The molecule has 1 heterocycles. The number of nitrogens with zero attached hydrogens (tertiary/aromatic N) is 3. The number of hydrogen-bond donors (Lipinski definition) is 1. The Balaban J connectivity index is 2.16. The SMILES string of the molecule is COC(=O)N/N=C\c1c(C)nn(Cc2ccccc2)c1C. The van der Waals surface area contributed by atoms with Crippen molar-refractivity contribution in [2.45, 2.75) is 20.4 Å². The van der Waals surface area contributed by atoms with Crippen molar-refractivity contribution in [1.82, 2.24) is 15.2 Å². The molecule has 0 fully saturated rings. The van der Waals surface area contributed by atoms with E-state index in [0.29, 0.717) is 6.54 Å². The number of carbonyl (C=O) groups is 1. The number of ether oxygens (including phenoxy) is 1. The molecule has 0 saturated heterocycles. The molecule has 21 heavy (non-hydrogen) atoms. The van der Waals surface area contributed by atoms with E-state index in [1.165, 1.54) is 12.7 Å². The van der Waals surface area contributed by atoms with Crippen LogP contribution < -0.4 is 5.43 Å². The van der Waals surface area contributed by atoms with Gasteiger partial charge in [-0.25, -0.2) is 10.2 Å². The Morgan fingerprint density at radius 1 is 1.38 bits per heavy atom. The predicted molar refractivity (Wildman–Crippen MR) is 80.4 cm³/mol. The van der Waals surface area contributed by atoms with E-state index >= 15 is 0 Å². The maximum Gasteiger partial charge on any atom is 0.427 e. The van der Waals surface area contributed by atoms with Gasteiger partial charge in [-0.1, -0.05) is 30.3 Å². The normalized spacial score (nSPS) is 10.8. The van der Waals surface area contributed by atoms with Crippen LogP contribution in [0, 0.1) is 13.8 Å². The van der Waals surface area contributed by atoms with Gasteiger partial charge in [0.1, 0.15) is 0 Å². The summed E-state index contributed by atoms with van der Waals surface area (Å²) in [6.07, 6.45) is 0.981. The third-order valence-corrected chi connectivity index (χ3v) is 3.15. The van der Waals surface area contributed by atoms with Crippen molar-refractivity contribution in [2.24, 2.45) is 5.10 Å². The summed E-state index contributed by atoms with van der Waals surface area (Å²) in [5.74, 6) is 0. The van der Waals surface area contributed by atoms with Crippen molar-refractivity contribution in [1.29, 1.82) is 0 Å². The van der Waals surface area contributed by atoms with Gasteiger partial charge in [-0.3, -0.25) is 4.68 Å². The monoisotopic (exact) mass is 286 g/mol. The summed E-state index contributed by atoms with van der Waals surface area (Å²) in [6, 6.07) is 10.1. The van der Waals surface area contributed by atoms with Gasteiger partial charge in [-0.05, 0) is 19.4 Å². The number of hydrazone groups is 1. The lowest BCUT2D eigenvalue weighted by Crippen LogP contribution is -2.16. The first-order valence-corrected chi connectivity index (χ1v) is 6.56. The largest absolute Gasteiger partial charge is 0.452 e. The number of benzene rings is 1. The van der Waals surface area contributed by atoms with E-state index in [4.69, 9.17) is 0 Å². The van der Waals surface area contributed by atoms with E-state index in [9.17, 15) is 4.79 Å². The van der Waals surface area contributed by atoms with E-state index in [0.717, 1.165) is 17.0 Å². The highest BCUT2D eigenvalue weighted by atomic mass is 16.5. The zero-order valence-corrected chi connectivity index (χ0v) is 12.3. The van der Waals surface area contributed by atoms with Crippen LogP contribution in [0.4, 0.5) is 4.79 Å². The summed E-state index contributed by atoms with van der Waals surface area (Å²) in [7, 11) is 1.29. The maximum atomic E-state index is 11.0. The van der Waals surface area contributed by atoms with Crippen LogP contribution in [0.15, 0.2) is 35.4 Å². The van der Waals surface area contributed by atoms with Crippen LogP contribution in [-0.4, -0.2) is 29.2 Å². The van der Waals surface area contributed by atoms with Gasteiger partial charge < -0.3 is 4.74 Å². The van der Waals surface area contributed by atoms with Crippen LogP contribution in [-0.2, 0) is 11.3 Å². The Morgan fingerprint density at radius 2 is 2.10 bits per heavy atom. The molecule has 1 N–H and O–H groups in total. The molecular weight excluding hydrogens is 268 g/mol. The van der Waals surface area contributed by atoms with Crippen LogP contribution >= 0.6 is 0 Å². The Bertz CT molecular complexity index is 647. The Hall–Kier alpha value is -2.63. The van der Waals surface area contributed by atoms with E-state index in [-0.39, 0.29) is 0 Å². The average molecular weight is 286 g/mol. The summed E-state index contributed by atoms with van der Waals surface area (Å²) in [5, 5.41) is 8.36. The number of nitrogens with one attached hydrogen (secondary N) is 1. The number of rotatable bonds is 4. The lowest BCUT2D eigenvalue weighted by molar-refractivity contribution is 0.171. The van der Waals surface area contributed by atoms with Gasteiger partial charge in [0.05, 0.1) is 25.6 Å². The van der Waals surface area contributed by atoms with Gasteiger partial charge in [0.15, 0.2) is 0 Å². The molecule has 1 amide bonds. The second-order valence-electron chi connectivity index (χ2n) is 4.59. The Labute approximate surface area is 123 Å². The first kappa shape index (κ1) is 14.8. The number of amides is 1. The molecule has 0 aliphatic heterocycles. The van der Waals surface area contributed by atoms with Gasteiger partial charge in [0.2, 0.25) is 0 Å². The van der Waals surface area contributed by atoms with Gasteiger partial charge in [0.25, 0.3) is 0 Å². The van der Waals surface area contributed by atoms with Crippen LogP contribution in [0.5, 0.6) is 0 Å². The quantitative estimate of drug-likeness (QED) is 0.692. The number of aromatic nitrogens is 2. The molecule has 0 radical (unpaired) electrons. The van der Waals surface area contributed by atoms with Crippen molar-refractivity contribution < 1.29 is 9.53 Å². The molecule has 0 bridgehead atoms. The van der Waals surface area contributed by atoms with Crippen molar-refractivity contribution in [3.63, 3.8) is 0 Å². The van der Waals surface area contributed by atoms with Gasteiger partial charge >= 0.3 is 6.09 Å². The molecule has 0 atom stereocenters. The van der Waals surface area contributed by atoms with Crippen molar-refractivity contribution in [3.05, 3.63) is 52.8 Å². The van der Waals surface area contributed by atoms with E-state index < -0.39 is 6.09 Å². The van der Waals surface area contributed by atoms with Gasteiger partial charge in [0, 0.05) is 11.3 Å². The minimum absolute atomic E-state index is 0.599. The summed E-state index contributed by atoms with van der Waals surface area (Å²) < 4.78 is 6.37. The van der Waals surface area contributed by atoms with Crippen molar-refractivity contribution >= 4 is 12.3 Å².